The average Bonchev–Trinajstić information content (AvgIpc) is 2.53. The summed E-state index contributed by atoms with van der Waals surface area (Å²) in [7, 11) is -4.70. The van der Waals surface area contributed by atoms with Gasteiger partial charge in [0.05, 0.1) is 9.82 Å². The first-order valence-corrected chi connectivity index (χ1v) is 8.61. The van der Waals surface area contributed by atoms with E-state index in [0.717, 1.165) is 23.8 Å². The van der Waals surface area contributed by atoms with Crippen LogP contribution in [0.2, 0.25) is 5.02 Å². The van der Waals surface area contributed by atoms with Gasteiger partial charge in [-0.2, -0.15) is 8.42 Å². The minimum Gasteiger partial charge on any atom is -0.259 e. The number of rotatable bonds is 6. The second-order valence-electron chi connectivity index (χ2n) is 5.11. The molecule has 0 radical (unpaired) electrons. The highest BCUT2D eigenvalue weighted by atomic mass is 35.5. The lowest BCUT2D eigenvalue weighted by Gasteiger charge is -2.21. The molecule has 2 aromatic carbocycles. The van der Waals surface area contributed by atoms with Crippen LogP contribution < -0.4 is 0 Å². The van der Waals surface area contributed by atoms with Crippen molar-refractivity contribution in [3.8, 4) is 0 Å². The normalized spacial score (nSPS) is 13.4. The minimum atomic E-state index is -4.72. The number of aryl methyl sites for hydroxylation is 1. The molecule has 0 amide bonds. The third-order valence-electron chi connectivity index (χ3n) is 3.28. The van der Waals surface area contributed by atoms with Crippen molar-refractivity contribution in [2.75, 3.05) is 0 Å². The van der Waals surface area contributed by atoms with Gasteiger partial charge in [-0.05, 0) is 25.1 Å². The molecule has 2 rings (SSSR count). The zero-order valence-corrected chi connectivity index (χ0v) is 14.3. The fraction of sp³-hybridized carbons (Fsp3) is 0.200. The van der Waals surface area contributed by atoms with Crippen LogP contribution in [0.4, 0.5) is 8.78 Å². The van der Waals surface area contributed by atoms with Gasteiger partial charge >= 0.3 is 6.05 Å². The standard InChI is InChI=1S/C15H12ClF2NO5S/c1-10-6-8-11(9-7-10)25(22,23)24-14(15(17,18)19(20)21)12-4-2-3-5-13(12)16/h2-9,14H,1H3/t14-/m1/s1. The molecule has 2 aromatic rings. The quantitative estimate of drug-likeness (QED) is 0.322. The van der Waals surface area contributed by atoms with Crippen molar-refractivity contribution in [2.45, 2.75) is 24.0 Å². The van der Waals surface area contributed by atoms with Crippen LogP contribution in [-0.2, 0) is 14.3 Å². The van der Waals surface area contributed by atoms with Crippen LogP contribution in [0.3, 0.4) is 0 Å². The fourth-order valence-corrected chi connectivity index (χ4v) is 3.26. The number of nitro groups is 1. The Bertz CT molecular complexity index is 887. The topological polar surface area (TPSA) is 86.5 Å². The highest BCUT2D eigenvalue weighted by Gasteiger charge is 2.57. The lowest BCUT2D eigenvalue weighted by molar-refractivity contribution is -0.657. The van der Waals surface area contributed by atoms with E-state index in [1.165, 1.54) is 30.3 Å². The molecule has 0 aliphatic heterocycles. The summed E-state index contributed by atoms with van der Waals surface area (Å²) in [6, 6.07) is 5.38. The van der Waals surface area contributed by atoms with Crippen LogP contribution >= 0.6 is 11.6 Å². The van der Waals surface area contributed by atoms with E-state index in [9.17, 15) is 27.3 Å². The van der Waals surface area contributed by atoms with Crippen LogP contribution in [0, 0.1) is 17.0 Å². The maximum absolute atomic E-state index is 14.0. The van der Waals surface area contributed by atoms with Crippen molar-refractivity contribution in [2.24, 2.45) is 0 Å². The Labute approximate surface area is 147 Å². The maximum Gasteiger partial charge on any atom is 0.543 e. The van der Waals surface area contributed by atoms with Crippen molar-refractivity contribution in [3.05, 3.63) is 74.8 Å². The van der Waals surface area contributed by atoms with E-state index >= 15 is 0 Å². The van der Waals surface area contributed by atoms with Gasteiger partial charge in [-0.3, -0.25) is 10.1 Å². The van der Waals surface area contributed by atoms with Gasteiger partial charge in [-0.25, -0.2) is 4.18 Å². The summed E-state index contributed by atoms with van der Waals surface area (Å²) in [6.07, 6.45) is -2.72. The monoisotopic (exact) mass is 391 g/mol. The molecule has 0 saturated carbocycles. The van der Waals surface area contributed by atoms with Crippen molar-refractivity contribution in [3.63, 3.8) is 0 Å². The zero-order chi connectivity index (χ0) is 18.8. The number of nitrogens with zero attached hydrogens (tertiary/aromatic N) is 1. The molecule has 1 atom stereocenters. The molecule has 0 saturated heterocycles. The van der Waals surface area contributed by atoms with E-state index < -0.39 is 37.7 Å². The van der Waals surface area contributed by atoms with E-state index in [1.54, 1.807) is 6.92 Å². The Morgan fingerprint density at radius 2 is 1.72 bits per heavy atom. The summed E-state index contributed by atoms with van der Waals surface area (Å²) in [5.74, 6) is 0. The predicted molar refractivity (Wildman–Crippen MR) is 85.6 cm³/mol. The summed E-state index contributed by atoms with van der Waals surface area (Å²) in [4.78, 5) is 8.43. The van der Waals surface area contributed by atoms with E-state index in [4.69, 9.17) is 11.6 Å². The van der Waals surface area contributed by atoms with Gasteiger partial charge < -0.3 is 0 Å². The molecular formula is C15H12ClF2NO5S. The summed E-state index contributed by atoms with van der Waals surface area (Å²) >= 11 is 5.79. The first-order valence-electron chi connectivity index (χ1n) is 6.82. The van der Waals surface area contributed by atoms with Crippen LogP contribution in [0.5, 0.6) is 0 Å². The molecule has 0 N–H and O–H groups in total. The average molecular weight is 392 g/mol. The van der Waals surface area contributed by atoms with Gasteiger partial charge in [0.1, 0.15) is 0 Å². The lowest BCUT2D eigenvalue weighted by Crippen LogP contribution is -2.38. The first-order chi connectivity index (χ1) is 11.6. The number of halogens is 3. The highest BCUT2D eigenvalue weighted by Crippen LogP contribution is 2.40. The fourth-order valence-electron chi connectivity index (χ4n) is 1.97. The lowest BCUT2D eigenvalue weighted by atomic mass is 10.1. The zero-order valence-electron chi connectivity index (χ0n) is 12.7. The van der Waals surface area contributed by atoms with E-state index in [1.807, 2.05) is 0 Å². The Balaban J connectivity index is 2.52. The summed E-state index contributed by atoms with van der Waals surface area (Å²) < 4.78 is 57.2. The first kappa shape index (κ1) is 19.2. The second-order valence-corrected chi connectivity index (χ2v) is 7.09. The van der Waals surface area contributed by atoms with Crippen LogP contribution in [0.1, 0.15) is 17.2 Å². The van der Waals surface area contributed by atoms with Gasteiger partial charge in [0.2, 0.25) is 6.10 Å². The SMILES string of the molecule is Cc1ccc(S(=O)(=O)O[C@H](c2ccccc2Cl)C(F)(F)[N+](=O)[O-])cc1. The summed E-state index contributed by atoms with van der Waals surface area (Å²) in [6.45, 7) is 1.70. The Morgan fingerprint density at radius 3 is 2.24 bits per heavy atom. The summed E-state index contributed by atoms with van der Waals surface area (Å²) in [5, 5.41) is 10.5. The Hall–Kier alpha value is -2.10. The van der Waals surface area contributed by atoms with E-state index in [2.05, 4.69) is 4.18 Å². The van der Waals surface area contributed by atoms with Crippen LogP contribution in [0.25, 0.3) is 0 Å². The Morgan fingerprint density at radius 1 is 1.16 bits per heavy atom. The molecule has 10 heteroatoms. The smallest absolute Gasteiger partial charge is 0.259 e. The largest absolute Gasteiger partial charge is 0.543 e. The number of alkyl halides is 2. The molecule has 0 unspecified atom stereocenters. The maximum atomic E-state index is 14.0. The van der Waals surface area contributed by atoms with Gasteiger partial charge in [0.25, 0.3) is 10.1 Å². The van der Waals surface area contributed by atoms with Crippen molar-refractivity contribution in [1.29, 1.82) is 0 Å². The van der Waals surface area contributed by atoms with E-state index in [0.29, 0.717) is 0 Å². The molecule has 134 valence electrons. The van der Waals surface area contributed by atoms with Crippen LogP contribution in [-0.4, -0.2) is 19.4 Å². The highest BCUT2D eigenvalue weighted by molar-refractivity contribution is 7.86. The molecule has 0 aliphatic rings. The third-order valence-corrected chi connectivity index (χ3v) is 4.92. The molecule has 0 fully saturated rings. The molecule has 0 aliphatic carbocycles. The minimum absolute atomic E-state index is 0.284. The van der Waals surface area contributed by atoms with Crippen molar-refractivity contribution < 1.29 is 26.3 Å². The molecule has 0 bridgehead atoms. The second kappa shape index (κ2) is 7.03. The van der Waals surface area contributed by atoms with Gasteiger partial charge in [0, 0.05) is 10.6 Å². The van der Waals surface area contributed by atoms with Gasteiger partial charge in [0.15, 0.2) is 0 Å². The van der Waals surface area contributed by atoms with E-state index in [-0.39, 0.29) is 5.02 Å². The molecule has 0 aromatic heterocycles. The Kier molecular flexibility index (Phi) is 5.40. The van der Waals surface area contributed by atoms with Crippen molar-refractivity contribution in [1.82, 2.24) is 0 Å². The molecule has 0 spiro atoms. The summed E-state index contributed by atoms with van der Waals surface area (Å²) in [5.41, 5.74) is 0.221. The number of hydrogen-bond acceptors (Lipinski definition) is 5. The molecule has 0 heterocycles. The number of benzene rings is 2. The molecule has 6 nitrogen and oxygen atoms in total. The predicted octanol–water partition coefficient (Wildman–Crippen LogP) is 3.96. The third kappa shape index (κ3) is 4.12. The van der Waals surface area contributed by atoms with Crippen LogP contribution in [0.15, 0.2) is 53.4 Å². The number of hydrogen-bond donors (Lipinski definition) is 0. The van der Waals surface area contributed by atoms with Gasteiger partial charge in [-0.1, -0.05) is 47.5 Å². The van der Waals surface area contributed by atoms with Crippen molar-refractivity contribution >= 4 is 21.7 Å². The molecule has 25 heavy (non-hydrogen) atoms. The van der Waals surface area contributed by atoms with Gasteiger partial charge in [-0.15, -0.1) is 8.78 Å². The molecular weight excluding hydrogens is 380 g/mol.